The Morgan fingerprint density at radius 1 is 0.575 bits per heavy atom. The van der Waals surface area contributed by atoms with Crippen molar-refractivity contribution < 1.29 is 67.2 Å². The van der Waals surface area contributed by atoms with Crippen LogP contribution in [0.1, 0.15) is 20.8 Å². The molecule has 0 saturated carbocycles. The molecule has 0 N–H and O–H groups in total. The molecule has 0 rings (SSSR count). The Morgan fingerprint density at radius 2 is 0.675 bits per heavy atom. The van der Waals surface area contributed by atoms with Crippen LogP contribution in [0.25, 0.3) is 0 Å². The lowest BCUT2D eigenvalue weighted by molar-refractivity contribution is -0.138. The molecule has 0 atom stereocenters. The summed E-state index contributed by atoms with van der Waals surface area (Å²) in [6, 6.07) is 0. The SMILES string of the molecule is CC(=O)N(C)C.COC(C)=O.COC(C)=O.COP(C)(C)=O.COP(C)(C)=O.COS(C)(=O)=O.COS(C)(=O)=O. The Hall–Kier alpha value is -1.39. The van der Waals surface area contributed by atoms with Gasteiger partial charge in [0.25, 0.3) is 20.2 Å². The molecule has 0 aromatic rings. The van der Waals surface area contributed by atoms with Gasteiger partial charge in [0.2, 0.25) is 5.91 Å². The molecule has 0 aromatic carbocycles. The lowest BCUT2D eigenvalue weighted by Gasteiger charge is -2.02. The van der Waals surface area contributed by atoms with Crippen LogP contribution in [0.2, 0.25) is 0 Å². The zero-order valence-electron chi connectivity index (χ0n) is 26.8. The summed E-state index contributed by atoms with van der Waals surface area (Å²) in [4.78, 5) is 30.8. The number of carbonyl (C=O) groups excluding carboxylic acids is 3. The van der Waals surface area contributed by atoms with E-state index < -0.39 is 35.0 Å². The fourth-order valence-electron chi connectivity index (χ4n) is 0. The van der Waals surface area contributed by atoms with Crippen molar-refractivity contribution in [3.8, 4) is 0 Å². The van der Waals surface area contributed by atoms with Crippen molar-refractivity contribution in [2.75, 3.05) is 95.9 Å². The van der Waals surface area contributed by atoms with Crippen LogP contribution in [-0.4, -0.2) is 136 Å². The highest BCUT2D eigenvalue weighted by molar-refractivity contribution is 7.86. The molecule has 20 heteroatoms. The van der Waals surface area contributed by atoms with Crippen molar-refractivity contribution in [2.24, 2.45) is 0 Å². The summed E-state index contributed by atoms with van der Waals surface area (Å²) < 4.78 is 84.9. The maximum Gasteiger partial charge on any atom is 0.302 e. The van der Waals surface area contributed by atoms with Crippen molar-refractivity contribution in [3.63, 3.8) is 0 Å². The minimum absolute atomic E-state index is 0.0926. The van der Waals surface area contributed by atoms with Crippen molar-refractivity contribution in [1.29, 1.82) is 0 Å². The van der Waals surface area contributed by atoms with E-state index in [-0.39, 0.29) is 17.8 Å². The average Bonchev–Trinajstić information content (AvgIpc) is 2.79. The molecule has 0 aliphatic rings. The smallest absolute Gasteiger partial charge is 0.302 e. The molecule has 0 bridgehead atoms. The lowest BCUT2D eigenvalue weighted by Crippen LogP contribution is -2.17. The van der Waals surface area contributed by atoms with Crippen LogP contribution in [0.5, 0.6) is 0 Å². The molecular formula is C20H51NO15P2S2. The van der Waals surface area contributed by atoms with Gasteiger partial charge in [0.1, 0.15) is 0 Å². The third-order valence-corrected chi connectivity index (χ3v) is 5.66. The van der Waals surface area contributed by atoms with Gasteiger partial charge in [-0.05, 0) is 0 Å². The first kappa shape index (κ1) is 54.7. The van der Waals surface area contributed by atoms with Crippen molar-refractivity contribution >= 4 is 52.8 Å². The molecule has 0 aliphatic heterocycles. The summed E-state index contributed by atoms with van der Waals surface area (Å²) in [5, 5.41) is 0. The fraction of sp³-hybridized carbons (Fsp3) is 0.850. The second-order valence-electron chi connectivity index (χ2n) is 7.42. The van der Waals surface area contributed by atoms with E-state index >= 15 is 0 Å². The monoisotopic (exact) mass is 671 g/mol. The maximum absolute atomic E-state index is 10.4. The van der Waals surface area contributed by atoms with E-state index in [0.717, 1.165) is 26.7 Å². The number of esters is 2. The Labute approximate surface area is 241 Å². The Bertz CT molecular complexity index is 871. The summed E-state index contributed by atoms with van der Waals surface area (Å²) >= 11 is 0. The third kappa shape index (κ3) is 134. The number of hydrogen-bond donors (Lipinski definition) is 0. The van der Waals surface area contributed by atoms with E-state index in [4.69, 9.17) is 0 Å². The van der Waals surface area contributed by atoms with Gasteiger partial charge < -0.3 is 23.4 Å². The molecule has 0 aromatic heterocycles. The number of methoxy groups -OCH3 is 2. The highest BCUT2D eigenvalue weighted by Gasteiger charge is 1.99. The zero-order chi connectivity index (χ0) is 34.6. The van der Waals surface area contributed by atoms with Crippen LogP contribution in [-0.2, 0) is 70.6 Å². The molecule has 0 radical (unpaired) electrons. The average molecular weight is 672 g/mol. The van der Waals surface area contributed by atoms with Gasteiger partial charge in [0.15, 0.2) is 14.7 Å². The van der Waals surface area contributed by atoms with E-state index in [1.165, 1.54) is 54.1 Å². The van der Waals surface area contributed by atoms with E-state index in [1.807, 2.05) is 0 Å². The number of hydrogen-bond acceptors (Lipinski definition) is 15. The summed E-state index contributed by atoms with van der Waals surface area (Å²) in [6.07, 6.45) is 1.99. The molecule has 0 saturated heterocycles. The second kappa shape index (κ2) is 30.6. The zero-order valence-corrected chi connectivity index (χ0v) is 30.2. The Morgan fingerprint density at radius 3 is 0.675 bits per heavy atom. The minimum atomic E-state index is -3.16. The summed E-state index contributed by atoms with van der Waals surface area (Å²) in [6.45, 7) is 10.6. The predicted octanol–water partition coefficient (Wildman–Crippen LogP) is 1.98. The number of carbonyl (C=O) groups is 3. The lowest BCUT2D eigenvalue weighted by atomic mass is 10.7. The molecule has 0 aliphatic carbocycles. The topological polar surface area (TPSA) is 212 Å². The fourth-order valence-corrected chi connectivity index (χ4v) is 0. The van der Waals surface area contributed by atoms with Crippen molar-refractivity contribution in [1.82, 2.24) is 4.90 Å². The van der Waals surface area contributed by atoms with E-state index in [1.54, 1.807) is 40.8 Å². The molecule has 1 amide bonds. The molecule has 0 spiro atoms. The number of amides is 1. The molecular weight excluding hydrogens is 620 g/mol. The highest BCUT2D eigenvalue weighted by atomic mass is 32.2. The maximum atomic E-state index is 10.4. The normalized spacial score (nSPS) is 9.93. The van der Waals surface area contributed by atoms with Crippen molar-refractivity contribution in [3.05, 3.63) is 0 Å². The number of nitrogens with zero attached hydrogens (tertiary/aromatic N) is 1. The first-order chi connectivity index (χ1) is 17.4. The van der Waals surface area contributed by atoms with E-state index in [0.29, 0.717) is 0 Å². The first-order valence-electron chi connectivity index (χ1n) is 10.4. The summed E-state index contributed by atoms with van der Waals surface area (Å²) in [5.41, 5.74) is 0. The van der Waals surface area contributed by atoms with Gasteiger partial charge in [0, 0.05) is 75.7 Å². The van der Waals surface area contributed by atoms with Gasteiger partial charge in [-0.3, -0.25) is 31.9 Å². The Kier molecular flexibility index (Phi) is 41.8. The predicted molar refractivity (Wildman–Crippen MR) is 156 cm³/mol. The quantitative estimate of drug-likeness (QED) is 0.237. The number of ether oxygens (including phenoxy) is 2. The van der Waals surface area contributed by atoms with Gasteiger partial charge in [-0.25, -0.2) is 0 Å². The van der Waals surface area contributed by atoms with Gasteiger partial charge in [0.05, 0.1) is 41.0 Å². The molecule has 0 heterocycles. The van der Waals surface area contributed by atoms with Crippen LogP contribution in [0.4, 0.5) is 0 Å². The van der Waals surface area contributed by atoms with Crippen molar-refractivity contribution in [2.45, 2.75) is 20.8 Å². The van der Waals surface area contributed by atoms with E-state index in [2.05, 4.69) is 26.9 Å². The molecule has 0 unspecified atom stereocenters. The first-order valence-corrected chi connectivity index (χ1v) is 19.1. The summed E-state index contributed by atoms with van der Waals surface area (Å²) in [7, 11) is 0.662. The highest BCUT2D eigenvalue weighted by Crippen LogP contribution is 2.35. The Balaban J connectivity index is -0.0000000636. The number of rotatable bonds is 4. The van der Waals surface area contributed by atoms with Crippen LogP contribution >= 0.6 is 14.7 Å². The third-order valence-electron chi connectivity index (χ3n) is 2.69. The second-order valence-corrected chi connectivity index (χ2v) is 16.6. The molecule has 0 fully saturated rings. The van der Waals surface area contributed by atoms with Gasteiger partial charge >= 0.3 is 11.9 Å². The van der Waals surface area contributed by atoms with E-state index in [9.17, 15) is 40.3 Å². The standard InChI is InChI=1S/C4H9NO.2C3H9O2P.2C3H6O2.2C2H6O3S/c1-4(6)5(2)3;2*1-5-6(2,3)4;2*1-3(4)5-2;2*1-5-6(2,3)4/h3*1-3H3;2*1-2H3;2*1-2H3. The van der Waals surface area contributed by atoms with Gasteiger partial charge in [-0.15, -0.1) is 0 Å². The molecule has 16 nitrogen and oxygen atoms in total. The van der Waals surface area contributed by atoms with Crippen LogP contribution in [0, 0.1) is 0 Å². The largest absolute Gasteiger partial charge is 0.469 e. The van der Waals surface area contributed by atoms with Crippen LogP contribution < -0.4 is 0 Å². The van der Waals surface area contributed by atoms with Crippen LogP contribution in [0.3, 0.4) is 0 Å². The molecule has 40 heavy (non-hydrogen) atoms. The van der Waals surface area contributed by atoms with Crippen LogP contribution in [0.15, 0.2) is 0 Å². The summed E-state index contributed by atoms with van der Waals surface area (Å²) in [5.74, 6) is -0.398. The minimum Gasteiger partial charge on any atom is -0.469 e. The van der Waals surface area contributed by atoms with Gasteiger partial charge in [-0.2, -0.15) is 16.8 Å². The van der Waals surface area contributed by atoms with Gasteiger partial charge in [-0.1, -0.05) is 0 Å². The molecule has 248 valence electrons.